The Morgan fingerprint density at radius 2 is 1.89 bits per heavy atom. The fourth-order valence-electron chi connectivity index (χ4n) is 1.38. The number of anilines is 1. The second-order valence-electron chi connectivity index (χ2n) is 5.39. The summed E-state index contributed by atoms with van der Waals surface area (Å²) in [5, 5.41) is 2.93. The quantitative estimate of drug-likeness (QED) is 0.788. The molecule has 19 heavy (non-hydrogen) atoms. The fraction of sp³-hybridized carbons (Fsp3) is 0.385. The molecule has 0 aliphatic carbocycles. The first-order valence-corrected chi connectivity index (χ1v) is 6.16. The highest BCUT2D eigenvalue weighted by Crippen LogP contribution is 2.25. The number of benzene rings is 1. The Morgan fingerprint density at radius 1 is 1.32 bits per heavy atom. The summed E-state index contributed by atoms with van der Waals surface area (Å²) in [4.78, 5) is 23.1. The minimum Gasteiger partial charge on any atom is -0.366 e. The van der Waals surface area contributed by atoms with Gasteiger partial charge in [0.25, 0.3) is 0 Å². The van der Waals surface area contributed by atoms with Crippen molar-refractivity contribution in [1.82, 2.24) is 0 Å². The first-order chi connectivity index (χ1) is 8.62. The van der Waals surface area contributed by atoms with Gasteiger partial charge >= 0.3 is 0 Å². The number of nitrogens with two attached hydrogens (primary N) is 2. The smallest absolute Gasteiger partial charge is 0.248 e. The molecular weight excluding hydrogens is 266 g/mol. The van der Waals surface area contributed by atoms with Crippen LogP contribution >= 0.6 is 11.6 Å². The van der Waals surface area contributed by atoms with Crippen LogP contribution in [0.1, 0.15) is 31.1 Å². The van der Waals surface area contributed by atoms with E-state index in [1.807, 2.05) is 20.8 Å². The summed E-state index contributed by atoms with van der Waals surface area (Å²) in [5.74, 6) is -0.955. The van der Waals surface area contributed by atoms with Gasteiger partial charge < -0.3 is 16.8 Å². The van der Waals surface area contributed by atoms with Crippen molar-refractivity contribution in [2.24, 2.45) is 16.9 Å². The molecule has 6 heteroatoms. The van der Waals surface area contributed by atoms with Gasteiger partial charge in [-0.05, 0) is 23.6 Å². The second-order valence-corrected chi connectivity index (χ2v) is 5.80. The minimum atomic E-state index is -0.694. The zero-order valence-corrected chi connectivity index (χ0v) is 11.9. The zero-order chi connectivity index (χ0) is 14.8. The lowest BCUT2D eigenvalue weighted by Crippen LogP contribution is -2.45. The normalized spacial score (nSPS) is 12.9. The van der Waals surface area contributed by atoms with Crippen LogP contribution in [0.15, 0.2) is 18.2 Å². The van der Waals surface area contributed by atoms with Crippen molar-refractivity contribution in [2.75, 3.05) is 5.32 Å². The Kier molecular flexibility index (Phi) is 4.55. The molecule has 0 unspecified atom stereocenters. The maximum Gasteiger partial charge on any atom is 0.248 e. The number of hydrogen-bond donors (Lipinski definition) is 3. The summed E-state index contributed by atoms with van der Waals surface area (Å²) < 4.78 is 0. The van der Waals surface area contributed by atoms with Crippen LogP contribution in [-0.2, 0) is 4.79 Å². The van der Waals surface area contributed by atoms with Gasteiger partial charge in [0.1, 0.15) is 0 Å². The molecule has 0 fully saturated rings. The van der Waals surface area contributed by atoms with Crippen molar-refractivity contribution in [3.8, 4) is 0 Å². The summed E-state index contributed by atoms with van der Waals surface area (Å²) in [6, 6.07) is 3.72. The van der Waals surface area contributed by atoms with Gasteiger partial charge in [-0.1, -0.05) is 32.4 Å². The molecule has 0 saturated carbocycles. The second kappa shape index (κ2) is 5.59. The average molecular weight is 284 g/mol. The van der Waals surface area contributed by atoms with Crippen molar-refractivity contribution in [3.63, 3.8) is 0 Å². The molecule has 0 aliphatic rings. The summed E-state index contributed by atoms with van der Waals surface area (Å²) in [6.45, 7) is 5.58. The lowest BCUT2D eigenvalue weighted by atomic mass is 9.87. The van der Waals surface area contributed by atoms with Crippen LogP contribution in [0.4, 0.5) is 5.69 Å². The molecule has 0 bridgehead atoms. The van der Waals surface area contributed by atoms with E-state index < -0.39 is 11.9 Å². The van der Waals surface area contributed by atoms with E-state index in [4.69, 9.17) is 23.1 Å². The largest absolute Gasteiger partial charge is 0.366 e. The molecule has 1 atom stereocenters. The van der Waals surface area contributed by atoms with Crippen molar-refractivity contribution in [2.45, 2.75) is 26.8 Å². The molecule has 1 rings (SSSR count). The molecule has 104 valence electrons. The number of nitrogens with one attached hydrogen (secondary N) is 1. The van der Waals surface area contributed by atoms with Crippen molar-refractivity contribution in [1.29, 1.82) is 0 Å². The fourth-order valence-corrected chi connectivity index (χ4v) is 1.54. The van der Waals surface area contributed by atoms with Crippen molar-refractivity contribution >= 4 is 29.1 Å². The SMILES string of the molecule is CC(C)(C)[C@H](N)C(=O)Nc1cc(C(N)=O)ccc1Cl. The van der Waals surface area contributed by atoms with Gasteiger partial charge in [-0.25, -0.2) is 0 Å². The molecule has 0 spiro atoms. The maximum absolute atomic E-state index is 12.0. The van der Waals surface area contributed by atoms with E-state index >= 15 is 0 Å². The predicted octanol–water partition coefficient (Wildman–Crippen LogP) is 1.75. The lowest BCUT2D eigenvalue weighted by molar-refractivity contribution is -0.119. The molecule has 0 radical (unpaired) electrons. The Balaban J connectivity index is 2.96. The number of primary amides is 1. The standard InChI is InChI=1S/C13H18ClN3O2/c1-13(2,3)10(15)12(19)17-9-6-7(11(16)18)4-5-8(9)14/h4-6,10H,15H2,1-3H3,(H2,16,18)(H,17,19)/t10-/m1/s1. The topological polar surface area (TPSA) is 98.2 Å². The van der Waals surface area contributed by atoms with Gasteiger partial charge in [0.05, 0.1) is 16.8 Å². The highest BCUT2D eigenvalue weighted by Gasteiger charge is 2.27. The Hall–Kier alpha value is -1.59. The van der Waals surface area contributed by atoms with Crippen molar-refractivity contribution in [3.05, 3.63) is 28.8 Å². The molecule has 5 N–H and O–H groups in total. The number of carbonyl (C=O) groups excluding carboxylic acids is 2. The van der Waals surface area contributed by atoms with E-state index in [0.717, 1.165) is 0 Å². The van der Waals surface area contributed by atoms with Gasteiger partial charge in [-0.2, -0.15) is 0 Å². The van der Waals surface area contributed by atoms with Crippen LogP contribution in [0.2, 0.25) is 5.02 Å². The molecule has 0 saturated heterocycles. The summed E-state index contributed by atoms with van der Waals surface area (Å²) in [5.41, 5.74) is 11.2. The van der Waals surface area contributed by atoms with E-state index in [1.165, 1.54) is 18.2 Å². The van der Waals surface area contributed by atoms with Gasteiger partial charge in [-0.3, -0.25) is 9.59 Å². The number of carbonyl (C=O) groups is 2. The van der Waals surface area contributed by atoms with Gasteiger partial charge in [0.2, 0.25) is 11.8 Å². The summed E-state index contributed by atoms with van der Waals surface area (Å²) in [6.07, 6.45) is 0. The lowest BCUT2D eigenvalue weighted by Gasteiger charge is -2.26. The van der Waals surface area contributed by atoms with Gasteiger partial charge in [-0.15, -0.1) is 0 Å². The van der Waals surface area contributed by atoms with Gasteiger partial charge in [0.15, 0.2) is 0 Å². The first-order valence-electron chi connectivity index (χ1n) is 5.78. The molecule has 1 aromatic rings. The van der Waals surface area contributed by atoms with Crippen LogP contribution in [0, 0.1) is 5.41 Å². The van der Waals surface area contributed by atoms with Crippen LogP contribution in [-0.4, -0.2) is 17.9 Å². The molecule has 0 heterocycles. The van der Waals surface area contributed by atoms with E-state index in [-0.39, 0.29) is 16.9 Å². The summed E-state index contributed by atoms with van der Waals surface area (Å²) >= 11 is 5.96. The van der Waals surface area contributed by atoms with E-state index in [2.05, 4.69) is 5.32 Å². The molecule has 0 aliphatic heterocycles. The molecule has 5 nitrogen and oxygen atoms in total. The summed E-state index contributed by atoms with van der Waals surface area (Å²) in [7, 11) is 0. The van der Waals surface area contributed by atoms with E-state index in [1.54, 1.807) is 0 Å². The number of rotatable bonds is 3. The first kappa shape index (κ1) is 15.5. The van der Waals surface area contributed by atoms with Crippen LogP contribution < -0.4 is 16.8 Å². The highest BCUT2D eigenvalue weighted by atomic mass is 35.5. The maximum atomic E-state index is 12.0. The highest BCUT2D eigenvalue weighted by molar-refractivity contribution is 6.34. The third-order valence-electron chi connectivity index (χ3n) is 2.72. The van der Waals surface area contributed by atoms with Crippen LogP contribution in [0.5, 0.6) is 0 Å². The Labute approximate surface area is 117 Å². The number of hydrogen-bond acceptors (Lipinski definition) is 3. The average Bonchev–Trinajstić information content (AvgIpc) is 2.29. The Morgan fingerprint density at radius 3 is 2.37 bits per heavy atom. The van der Waals surface area contributed by atoms with E-state index in [0.29, 0.717) is 10.7 Å². The number of halogens is 1. The molecule has 0 aromatic heterocycles. The molecule has 1 aromatic carbocycles. The third-order valence-corrected chi connectivity index (χ3v) is 3.05. The van der Waals surface area contributed by atoms with E-state index in [9.17, 15) is 9.59 Å². The van der Waals surface area contributed by atoms with Gasteiger partial charge in [0, 0.05) is 5.56 Å². The molecule has 2 amide bonds. The van der Waals surface area contributed by atoms with Crippen molar-refractivity contribution < 1.29 is 9.59 Å². The third kappa shape index (κ3) is 3.94. The number of amides is 2. The minimum absolute atomic E-state index is 0.268. The van der Waals surface area contributed by atoms with Crippen LogP contribution in [0.25, 0.3) is 0 Å². The predicted molar refractivity (Wildman–Crippen MR) is 76.0 cm³/mol. The van der Waals surface area contributed by atoms with Crippen LogP contribution in [0.3, 0.4) is 0 Å². The monoisotopic (exact) mass is 283 g/mol. The molecular formula is C13H18ClN3O2. The zero-order valence-electron chi connectivity index (χ0n) is 11.2. The Bertz CT molecular complexity index is 509.